The summed E-state index contributed by atoms with van der Waals surface area (Å²) < 4.78 is 0. The molecule has 1 fully saturated rings. The maximum absolute atomic E-state index is 11.5. The molecule has 0 saturated carbocycles. The molecule has 1 aliphatic heterocycles. The number of nitrogens with one attached hydrogen (secondary N) is 1. The fraction of sp³-hybridized carbons (Fsp3) is 0.476. The minimum absolute atomic E-state index is 0.203. The highest BCUT2D eigenvalue weighted by Crippen LogP contribution is 2.25. The van der Waals surface area contributed by atoms with Gasteiger partial charge in [0.05, 0.1) is 0 Å². The SMILES string of the molecule is CNC(=O)c1ccc(N2CCC(Cc3ccc(C(C)C)cc3)CC2)nn1. The second-order valence-corrected chi connectivity index (χ2v) is 7.39. The van der Waals surface area contributed by atoms with Crippen LogP contribution < -0.4 is 10.2 Å². The summed E-state index contributed by atoms with van der Waals surface area (Å²) in [4.78, 5) is 13.8. The van der Waals surface area contributed by atoms with Crippen molar-refractivity contribution in [3.8, 4) is 0 Å². The second-order valence-electron chi connectivity index (χ2n) is 7.39. The van der Waals surface area contributed by atoms with Crippen molar-refractivity contribution in [2.75, 3.05) is 25.0 Å². The lowest BCUT2D eigenvalue weighted by molar-refractivity contribution is 0.0957. The van der Waals surface area contributed by atoms with Crippen LogP contribution in [0.1, 0.15) is 54.2 Å². The Kier molecular flexibility index (Phi) is 5.86. The average Bonchev–Trinajstić information content (AvgIpc) is 2.68. The van der Waals surface area contributed by atoms with Crippen LogP contribution in [0, 0.1) is 5.92 Å². The number of anilines is 1. The zero-order valence-corrected chi connectivity index (χ0v) is 15.9. The predicted octanol–water partition coefficient (Wildman–Crippen LogP) is 3.42. The van der Waals surface area contributed by atoms with Gasteiger partial charge < -0.3 is 10.2 Å². The van der Waals surface area contributed by atoms with Crippen LogP contribution in [-0.2, 0) is 6.42 Å². The maximum Gasteiger partial charge on any atom is 0.271 e. The van der Waals surface area contributed by atoms with Gasteiger partial charge in [-0.2, -0.15) is 0 Å². The number of carbonyl (C=O) groups is 1. The molecule has 2 heterocycles. The van der Waals surface area contributed by atoms with Crippen molar-refractivity contribution in [3.63, 3.8) is 0 Å². The third-order valence-electron chi connectivity index (χ3n) is 5.22. The molecular weight excluding hydrogens is 324 g/mol. The molecule has 0 aliphatic carbocycles. The third kappa shape index (κ3) is 4.40. The normalized spacial score (nSPS) is 15.3. The molecule has 1 aromatic heterocycles. The van der Waals surface area contributed by atoms with Crippen molar-refractivity contribution in [2.45, 2.75) is 39.0 Å². The van der Waals surface area contributed by atoms with Crippen LogP contribution in [-0.4, -0.2) is 36.2 Å². The number of carbonyl (C=O) groups excluding carboxylic acids is 1. The molecule has 0 bridgehead atoms. The van der Waals surface area contributed by atoms with Gasteiger partial charge in [-0.25, -0.2) is 0 Å². The average molecular weight is 352 g/mol. The van der Waals surface area contributed by atoms with E-state index in [1.54, 1.807) is 13.1 Å². The second kappa shape index (κ2) is 8.30. The lowest BCUT2D eigenvalue weighted by atomic mass is 9.89. The molecule has 1 aromatic carbocycles. The van der Waals surface area contributed by atoms with E-state index in [0.29, 0.717) is 17.5 Å². The molecule has 0 atom stereocenters. The molecule has 0 spiro atoms. The van der Waals surface area contributed by atoms with Crippen molar-refractivity contribution in [1.82, 2.24) is 15.5 Å². The molecule has 1 amide bonds. The summed E-state index contributed by atoms with van der Waals surface area (Å²) >= 11 is 0. The number of hydrogen-bond donors (Lipinski definition) is 1. The summed E-state index contributed by atoms with van der Waals surface area (Å²) in [5.41, 5.74) is 3.20. The third-order valence-corrected chi connectivity index (χ3v) is 5.22. The molecule has 1 N–H and O–H groups in total. The first kappa shape index (κ1) is 18.4. The van der Waals surface area contributed by atoms with Gasteiger partial charge >= 0.3 is 0 Å². The highest BCUT2D eigenvalue weighted by molar-refractivity contribution is 5.91. The van der Waals surface area contributed by atoms with Gasteiger partial charge in [0.25, 0.3) is 5.91 Å². The van der Waals surface area contributed by atoms with Gasteiger partial charge in [-0.15, -0.1) is 10.2 Å². The van der Waals surface area contributed by atoms with E-state index in [1.165, 1.54) is 11.1 Å². The van der Waals surface area contributed by atoms with Crippen molar-refractivity contribution < 1.29 is 4.79 Å². The molecule has 0 radical (unpaired) electrons. The van der Waals surface area contributed by atoms with Gasteiger partial charge in [-0.05, 0) is 54.4 Å². The Morgan fingerprint density at radius 1 is 1.12 bits per heavy atom. The van der Waals surface area contributed by atoms with Gasteiger partial charge in [0.1, 0.15) is 0 Å². The highest BCUT2D eigenvalue weighted by Gasteiger charge is 2.21. The number of benzene rings is 1. The van der Waals surface area contributed by atoms with E-state index in [-0.39, 0.29) is 5.91 Å². The molecule has 1 saturated heterocycles. The number of rotatable bonds is 5. The largest absolute Gasteiger partial charge is 0.355 e. The summed E-state index contributed by atoms with van der Waals surface area (Å²) in [7, 11) is 1.60. The van der Waals surface area contributed by atoms with E-state index >= 15 is 0 Å². The summed E-state index contributed by atoms with van der Waals surface area (Å²) in [5.74, 6) is 1.96. The first-order valence-electron chi connectivity index (χ1n) is 9.46. The highest BCUT2D eigenvalue weighted by atomic mass is 16.1. The van der Waals surface area contributed by atoms with E-state index in [1.807, 2.05) is 6.07 Å². The molecule has 0 unspecified atom stereocenters. The van der Waals surface area contributed by atoms with Crippen LogP contribution in [0.2, 0.25) is 0 Å². The lowest BCUT2D eigenvalue weighted by Crippen LogP contribution is -2.35. The zero-order valence-electron chi connectivity index (χ0n) is 15.9. The molecule has 5 heteroatoms. The van der Waals surface area contributed by atoms with Crippen LogP contribution >= 0.6 is 0 Å². The summed E-state index contributed by atoms with van der Waals surface area (Å²) in [6.07, 6.45) is 3.46. The summed E-state index contributed by atoms with van der Waals surface area (Å²) in [5, 5.41) is 10.8. The molecule has 2 aromatic rings. The van der Waals surface area contributed by atoms with Crippen molar-refractivity contribution >= 4 is 11.7 Å². The summed E-state index contributed by atoms with van der Waals surface area (Å²) in [6, 6.07) is 12.7. The van der Waals surface area contributed by atoms with Crippen molar-refractivity contribution in [2.24, 2.45) is 5.92 Å². The predicted molar refractivity (Wildman–Crippen MR) is 105 cm³/mol. The Morgan fingerprint density at radius 2 is 1.81 bits per heavy atom. The van der Waals surface area contributed by atoms with Gasteiger partial charge in [-0.3, -0.25) is 4.79 Å². The smallest absolute Gasteiger partial charge is 0.271 e. The lowest BCUT2D eigenvalue weighted by Gasteiger charge is -2.32. The Hall–Kier alpha value is -2.43. The fourth-order valence-corrected chi connectivity index (χ4v) is 3.48. The fourth-order valence-electron chi connectivity index (χ4n) is 3.48. The first-order chi connectivity index (χ1) is 12.6. The van der Waals surface area contributed by atoms with E-state index in [4.69, 9.17) is 0 Å². The molecular formula is C21H28N4O. The van der Waals surface area contributed by atoms with Gasteiger partial charge in [0.2, 0.25) is 0 Å². The van der Waals surface area contributed by atoms with Crippen molar-refractivity contribution in [3.05, 3.63) is 53.2 Å². The van der Waals surface area contributed by atoms with Crippen LogP contribution in [0.3, 0.4) is 0 Å². The molecule has 1 aliphatic rings. The quantitative estimate of drug-likeness (QED) is 0.896. The maximum atomic E-state index is 11.5. The molecule has 3 rings (SSSR count). The van der Waals surface area contributed by atoms with Crippen LogP contribution in [0.15, 0.2) is 36.4 Å². The van der Waals surface area contributed by atoms with Gasteiger partial charge in [-0.1, -0.05) is 38.1 Å². The molecule has 26 heavy (non-hydrogen) atoms. The minimum Gasteiger partial charge on any atom is -0.355 e. The van der Waals surface area contributed by atoms with Crippen LogP contribution in [0.25, 0.3) is 0 Å². The Labute approximate surface area is 155 Å². The van der Waals surface area contributed by atoms with E-state index in [0.717, 1.165) is 38.2 Å². The number of piperidine rings is 1. The number of aromatic nitrogens is 2. The first-order valence-corrected chi connectivity index (χ1v) is 9.46. The van der Waals surface area contributed by atoms with E-state index < -0.39 is 0 Å². The number of nitrogens with zero attached hydrogens (tertiary/aromatic N) is 3. The van der Waals surface area contributed by atoms with E-state index in [9.17, 15) is 4.79 Å². The molecule has 5 nitrogen and oxygen atoms in total. The Morgan fingerprint density at radius 3 is 2.35 bits per heavy atom. The number of amides is 1. The monoisotopic (exact) mass is 352 g/mol. The molecule has 138 valence electrons. The van der Waals surface area contributed by atoms with Crippen LogP contribution in [0.5, 0.6) is 0 Å². The summed E-state index contributed by atoms with van der Waals surface area (Å²) in [6.45, 7) is 6.44. The van der Waals surface area contributed by atoms with Crippen LogP contribution in [0.4, 0.5) is 5.82 Å². The Bertz CT molecular complexity index is 717. The number of hydrogen-bond acceptors (Lipinski definition) is 4. The van der Waals surface area contributed by atoms with Gasteiger partial charge in [0, 0.05) is 20.1 Å². The Balaban J connectivity index is 1.53. The van der Waals surface area contributed by atoms with Crippen molar-refractivity contribution in [1.29, 1.82) is 0 Å². The zero-order chi connectivity index (χ0) is 18.5. The van der Waals surface area contributed by atoms with E-state index in [2.05, 4.69) is 58.5 Å². The standard InChI is InChI=1S/C21H28N4O/c1-15(2)18-6-4-16(5-7-18)14-17-10-12-25(13-11-17)20-9-8-19(23-24-20)21(26)22-3/h4-9,15,17H,10-14H2,1-3H3,(H,22,26). The van der Waals surface area contributed by atoms with Gasteiger partial charge in [0.15, 0.2) is 11.5 Å². The minimum atomic E-state index is -0.203. The topological polar surface area (TPSA) is 58.1 Å².